The highest BCUT2D eigenvalue weighted by atomic mass is 15.2. The second kappa shape index (κ2) is 6.86. The Morgan fingerprint density at radius 3 is 3.11 bits per heavy atom. The Bertz CT molecular complexity index is 339. The largest absolute Gasteiger partial charge is 0.314 e. The predicted octanol–water partition coefficient (Wildman–Crippen LogP) is 2.61. The minimum atomic E-state index is 0.481. The first-order chi connectivity index (χ1) is 8.81. The lowest BCUT2D eigenvalue weighted by molar-refractivity contribution is 0.181. The van der Waals surface area contributed by atoms with E-state index in [1.807, 2.05) is 18.5 Å². The minimum absolute atomic E-state index is 0.481. The monoisotopic (exact) mass is 247 g/mol. The molecule has 0 spiro atoms. The number of nitrogens with one attached hydrogen (secondary N) is 1. The first-order valence-corrected chi connectivity index (χ1v) is 7.18. The predicted molar refractivity (Wildman–Crippen MR) is 75.5 cm³/mol. The summed E-state index contributed by atoms with van der Waals surface area (Å²) in [6.45, 7) is 8.08. The second-order valence-electron chi connectivity index (χ2n) is 5.20. The lowest BCUT2D eigenvalue weighted by Gasteiger charge is -2.33. The molecule has 0 bridgehead atoms. The highest BCUT2D eigenvalue weighted by molar-refractivity contribution is 5.13. The molecule has 1 aliphatic heterocycles. The molecule has 3 nitrogen and oxygen atoms in total. The maximum atomic E-state index is 4.23. The molecule has 100 valence electrons. The number of hydrogen-bond donors (Lipinski definition) is 1. The van der Waals surface area contributed by atoms with Crippen LogP contribution in [0.3, 0.4) is 0 Å². The zero-order chi connectivity index (χ0) is 12.8. The van der Waals surface area contributed by atoms with Crippen LogP contribution in [0.5, 0.6) is 0 Å². The van der Waals surface area contributed by atoms with Crippen LogP contribution >= 0.6 is 0 Å². The average molecular weight is 247 g/mol. The van der Waals surface area contributed by atoms with Crippen LogP contribution < -0.4 is 5.32 Å². The van der Waals surface area contributed by atoms with E-state index in [1.54, 1.807) is 0 Å². The van der Waals surface area contributed by atoms with E-state index in [1.165, 1.54) is 37.9 Å². The van der Waals surface area contributed by atoms with Crippen molar-refractivity contribution in [2.24, 2.45) is 0 Å². The molecular weight excluding hydrogens is 222 g/mol. The summed E-state index contributed by atoms with van der Waals surface area (Å²) < 4.78 is 0. The molecular formula is C15H25N3. The van der Waals surface area contributed by atoms with E-state index in [9.17, 15) is 0 Å². The van der Waals surface area contributed by atoms with Crippen LogP contribution in [0.4, 0.5) is 0 Å². The Labute approximate surface area is 111 Å². The van der Waals surface area contributed by atoms with Gasteiger partial charge in [-0.25, -0.2) is 0 Å². The molecule has 0 radical (unpaired) electrons. The van der Waals surface area contributed by atoms with E-state index in [0.29, 0.717) is 12.1 Å². The maximum absolute atomic E-state index is 4.23. The van der Waals surface area contributed by atoms with Crippen molar-refractivity contribution in [2.75, 3.05) is 19.6 Å². The summed E-state index contributed by atoms with van der Waals surface area (Å²) in [7, 11) is 0. The van der Waals surface area contributed by atoms with Gasteiger partial charge in [-0.15, -0.1) is 0 Å². The smallest absolute Gasteiger partial charge is 0.0335 e. The van der Waals surface area contributed by atoms with E-state index in [0.717, 1.165) is 6.54 Å². The first-order valence-electron chi connectivity index (χ1n) is 7.18. The lowest BCUT2D eigenvalue weighted by Crippen LogP contribution is -2.40. The summed E-state index contributed by atoms with van der Waals surface area (Å²) in [6.07, 6.45) is 7.57. The third kappa shape index (κ3) is 3.53. The van der Waals surface area contributed by atoms with Crippen LogP contribution in [-0.4, -0.2) is 35.6 Å². The fraction of sp³-hybridized carbons (Fsp3) is 0.667. The fourth-order valence-corrected chi connectivity index (χ4v) is 2.69. The summed E-state index contributed by atoms with van der Waals surface area (Å²) in [6, 6.07) is 5.39. The first kappa shape index (κ1) is 13.5. The van der Waals surface area contributed by atoms with Gasteiger partial charge in [0.1, 0.15) is 0 Å². The third-order valence-corrected chi connectivity index (χ3v) is 4.03. The van der Waals surface area contributed by atoms with E-state index in [4.69, 9.17) is 0 Å². The summed E-state index contributed by atoms with van der Waals surface area (Å²) in [5, 5.41) is 3.63. The van der Waals surface area contributed by atoms with Gasteiger partial charge in [0.15, 0.2) is 0 Å². The molecule has 1 aromatic heterocycles. The van der Waals surface area contributed by atoms with Crippen molar-refractivity contribution < 1.29 is 0 Å². The van der Waals surface area contributed by atoms with E-state index in [-0.39, 0.29) is 0 Å². The molecule has 0 saturated carbocycles. The van der Waals surface area contributed by atoms with Crippen molar-refractivity contribution >= 4 is 0 Å². The molecule has 1 N–H and O–H groups in total. The normalized spacial score (nSPS) is 24.2. The molecule has 3 heteroatoms. The number of aromatic nitrogens is 1. The van der Waals surface area contributed by atoms with Gasteiger partial charge in [0, 0.05) is 31.0 Å². The van der Waals surface area contributed by atoms with Crippen LogP contribution in [-0.2, 0) is 0 Å². The third-order valence-electron chi connectivity index (χ3n) is 4.03. The quantitative estimate of drug-likeness (QED) is 0.890. The fourth-order valence-electron chi connectivity index (χ4n) is 2.69. The van der Waals surface area contributed by atoms with Crippen LogP contribution in [0.15, 0.2) is 24.5 Å². The molecule has 18 heavy (non-hydrogen) atoms. The van der Waals surface area contributed by atoms with Gasteiger partial charge in [-0.3, -0.25) is 9.88 Å². The average Bonchev–Trinajstić information content (AvgIpc) is 2.39. The van der Waals surface area contributed by atoms with Gasteiger partial charge in [-0.1, -0.05) is 13.0 Å². The highest BCUT2D eigenvalue weighted by Crippen LogP contribution is 2.21. The maximum Gasteiger partial charge on any atom is 0.0335 e. The molecule has 2 heterocycles. The molecule has 1 fully saturated rings. The number of pyridine rings is 1. The van der Waals surface area contributed by atoms with Crippen molar-refractivity contribution in [1.82, 2.24) is 15.2 Å². The molecule has 0 amide bonds. The Kier molecular flexibility index (Phi) is 5.14. The molecule has 2 rings (SSSR count). The van der Waals surface area contributed by atoms with Crippen LogP contribution in [0.25, 0.3) is 0 Å². The molecule has 0 aromatic carbocycles. The van der Waals surface area contributed by atoms with Crippen LogP contribution in [0.2, 0.25) is 0 Å². The Hall–Kier alpha value is -0.930. The van der Waals surface area contributed by atoms with Gasteiger partial charge in [-0.2, -0.15) is 0 Å². The zero-order valence-corrected chi connectivity index (χ0v) is 11.6. The number of nitrogens with zero attached hydrogens (tertiary/aromatic N) is 2. The standard InChI is InChI=1S/C15H25N3/c1-3-15-7-11-18(10-5-9-17-15)13(2)14-6-4-8-16-12-14/h4,6,8,12-13,15,17H,3,5,7,9-11H2,1-2H3. The van der Waals surface area contributed by atoms with Crippen molar-refractivity contribution in [3.63, 3.8) is 0 Å². The summed E-state index contributed by atoms with van der Waals surface area (Å²) >= 11 is 0. The van der Waals surface area contributed by atoms with Crippen molar-refractivity contribution in [1.29, 1.82) is 0 Å². The topological polar surface area (TPSA) is 28.2 Å². The highest BCUT2D eigenvalue weighted by Gasteiger charge is 2.19. The minimum Gasteiger partial charge on any atom is -0.314 e. The zero-order valence-electron chi connectivity index (χ0n) is 11.6. The van der Waals surface area contributed by atoms with E-state index >= 15 is 0 Å². The van der Waals surface area contributed by atoms with E-state index in [2.05, 4.69) is 35.1 Å². The SMILES string of the molecule is CCC1CCN(C(C)c2cccnc2)CCCN1. The van der Waals surface area contributed by atoms with Crippen LogP contribution in [0.1, 0.15) is 44.7 Å². The van der Waals surface area contributed by atoms with Crippen molar-refractivity contribution in [3.8, 4) is 0 Å². The molecule has 1 aromatic rings. The molecule has 0 aliphatic carbocycles. The van der Waals surface area contributed by atoms with Crippen molar-refractivity contribution in [2.45, 2.75) is 45.2 Å². The lowest BCUT2D eigenvalue weighted by atomic mass is 10.1. The molecule has 2 unspecified atom stereocenters. The van der Waals surface area contributed by atoms with Gasteiger partial charge in [0.05, 0.1) is 0 Å². The van der Waals surface area contributed by atoms with E-state index < -0.39 is 0 Å². The summed E-state index contributed by atoms with van der Waals surface area (Å²) in [5.41, 5.74) is 1.33. The number of hydrogen-bond acceptors (Lipinski definition) is 3. The summed E-state index contributed by atoms with van der Waals surface area (Å²) in [4.78, 5) is 6.83. The van der Waals surface area contributed by atoms with Gasteiger partial charge >= 0.3 is 0 Å². The van der Waals surface area contributed by atoms with Crippen LogP contribution in [0, 0.1) is 0 Å². The summed E-state index contributed by atoms with van der Waals surface area (Å²) in [5.74, 6) is 0. The Balaban J connectivity index is 1.98. The van der Waals surface area contributed by atoms with Crippen molar-refractivity contribution in [3.05, 3.63) is 30.1 Å². The van der Waals surface area contributed by atoms with Gasteiger partial charge in [-0.05, 0) is 50.9 Å². The van der Waals surface area contributed by atoms with Gasteiger partial charge < -0.3 is 5.32 Å². The second-order valence-corrected chi connectivity index (χ2v) is 5.20. The molecule has 1 aliphatic rings. The van der Waals surface area contributed by atoms with Gasteiger partial charge in [0.2, 0.25) is 0 Å². The van der Waals surface area contributed by atoms with Gasteiger partial charge in [0.25, 0.3) is 0 Å². The Morgan fingerprint density at radius 2 is 2.39 bits per heavy atom. The molecule has 1 saturated heterocycles. The Morgan fingerprint density at radius 1 is 1.50 bits per heavy atom. The number of rotatable bonds is 3. The molecule has 2 atom stereocenters.